The Morgan fingerprint density at radius 3 is 1.66 bits per heavy atom. The van der Waals surface area contributed by atoms with Crippen molar-refractivity contribution < 1.29 is 9.90 Å². The van der Waals surface area contributed by atoms with Gasteiger partial charge in [-0.15, -0.1) is 0 Å². The molecule has 1 fully saturated rings. The van der Waals surface area contributed by atoms with Crippen molar-refractivity contribution in [2.75, 3.05) is 7.05 Å². The highest BCUT2D eigenvalue weighted by Crippen LogP contribution is 2.61. The molecule has 3 heteroatoms. The number of benzene rings is 3. The van der Waals surface area contributed by atoms with Gasteiger partial charge in [0.25, 0.3) is 0 Å². The molecule has 5 atom stereocenters. The largest absolute Gasteiger partial charge is 0.386 e. The molecular formula is C26H27NO2. The number of likely N-dealkylation sites (N-methyl/N-ethyl adjacent to an activating group) is 1. The summed E-state index contributed by atoms with van der Waals surface area (Å²) in [6.45, 7) is 1.91. The Morgan fingerprint density at radius 2 is 1.21 bits per heavy atom. The molecule has 29 heavy (non-hydrogen) atoms. The molecule has 0 radical (unpaired) electrons. The summed E-state index contributed by atoms with van der Waals surface area (Å²) in [6, 6.07) is 29.8. The molecule has 1 saturated carbocycles. The Bertz CT molecular complexity index is 897. The number of nitrogens with zero attached hydrogens (tertiary/aromatic N) is 1. The number of amides is 1. The minimum absolute atomic E-state index is 0.0928. The van der Waals surface area contributed by atoms with Gasteiger partial charge in [0.1, 0.15) is 0 Å². The summed E-state index contributed by atoms with van der Waals surface area (Å²) in [5.41, 5.74) is 3.23. The Kier molecular flexibility index (Phi) is 5.50. The van der Waals surface area contributed by atoms with E-state index in [1.54, 1.807) is 4.90 Å². The molecule has 4 rings (SSSR count). The summed E-state index contributed by atoms with van der Waals surface area (Å²) in [5, 5.41) is 10.8. The van der Waals surface area contributed by atoms with Gasteiger partial charge in [-0.25, -0.2) is 0 Å². The Labute approximate surface area is 172 Å². The van der Waals surface area contributed by atoms with Crippen molar-refractivity contribution in [3.05, 3.63) is 108 Å². The lowest BCUT2D eigenvalue weighted by atomic mass is 10.0. The van der Waals surface area contributed by atoms with Gasteiger partial charge in [0.15, 0.2) is 0 Å². The molecule has 0 heterocycles. The zero-order chi connectivity index (χ0) is 20.4. The molecule has 0 bridgehead atoms. The van der Waals surface area contributed by atoms with Gasteiger partial charge in [-0.2, -0.15) is 0 Å². The van der Waals surface area contributed by atoms with Crippen LogP contribution < -0.4 is 0 Å². The van der Waals surface area contributed by atoms with E-state index >= 15 is 0 Å². The summed E-state index contributed by atoms with van der Waals surface area (Å²) < 4.78 is 0. The van der Waals surface area contributed by atoms with Crippen LogP contribution in [0.4, 0.5) is 0 Å². The van der Waals surface area contributed by atoms with E-state index in [9.17, 15) is 9.90 Å². The molecule has 148 valence electrons. The van der Waals surface area contributed by atoms with Gasteiger partial charge >= 0.3 is 0 Å². The number of rotatable bonds is 6. The van der Waals surface area contributed by atoms with E-state index in [4.69, 9.17) is 0 Å². The molecule has 3 aromatic carbocycles. The summed E-state index contributed by atoms with van der Waals surface area (Å²) in [5.74, 6) is 0.342. The number of hydrogen-bond donors (Lipinski definition) is 1. The van der Waals surface area contributed by atoms with Crippen LogP contribution in [0, 0.1) is 5.92 Å². The van der Waals surface area contributed by atoms with E-state index in [2.05, 4.69) is 24.3 Å². The summed E-state index contributed by atoms with van der Waals surface area (Å²) in [4.78, 5) is 15.2. The van der Waals surface area contributed by atoms with Crippen molar-refractivity contribution >= 4 is 5.91 Å². The van der Waals surface area contributed by atoms with Crippen LogP contribution in [-0.4, -0.2) is 29.0 Å². The predicted octanol–water partition coefficient (Wildman–Crippen LogP) is 4.76. The lowest BCUT2D eigenvalue weighted by molar-refractivity contribution is -0.135. The van der Waals surface area contributed by atoms with E-state index in [0.717, 1.165) is 5.56 Å². The molecule has 1 N–H and O–H groups in total. The van der Waals surface area contributed by atoms with Crippen LogP contribution in [-0.2, 0) is 4.79 Å². The first-order valence-electron chi connectivity index (χ1n) is 10.2. The maximum absolute atomic E-state index is 13.5. The van der Waals surface area contributed by atoms with Gasteiger partial charge in [0.05, 0.1) is 18.1 Å². The van der Waals surface area contributed by atoms with Crippen molar-refractivity contribution in [2.45, 2.75) is 30.9 Å². The average molecular weight is 386 g/mol. The smallest absolute Gasteiger partial charge is 0.227 e. The van der Waals surface area contributed by atoms with Crippen LogP contribution in [0.1, 0.15) is 41.6 Å². The fourth-order valence-corrected chi connectivity index (χ4v) is 4.37. The lowest BCUT2D eigenvalue weighted by Gasteiger charge is -2.29. The number of aliphatic hydroxyl groups excluding tert-OH is 1. The van der Waals surface area contributed by atoms with Crippen molar-refractivity contribution in [3.8, 4) is 0 Å². The van der Waals surface area contributed by atoms with Crippen molar-refractivity contribution in [2.24, 2.45) is 5.92 Å². The normalized spacial score (nSPS) is 22.5. The van der Waals surface area contributed by atoms with Crippen LogP contribution in [0.2, 0.25) is 0 Å². The lowest BCUT2D eigenvalue weighted by Crippen LogP contribution is -2.40. The van der Waals surface area contributed by atoms with Crippen LogP contribution in [0.5, 0.6) is 0 Å². The molecule has 1 unspecified atom stereocenters. The van der Waals surface area contributed by atoms with E-state index in [-0.39, 0.29) is 29.7 Å². The second kappa shape index (κ2) is 8.22. The number of hydrogen-bond acceptors (Lipinski definition) is 2. The van der Waals surface area contributed by atoms with Crippen molar-refractivity contribution in [3.63, 3.8) is 0 Å². The SMILES string of the molecule is C[C@H]([C@H](O)c1ccccc1)N(C)C(=O)C1[C@@H](c2ccccc2)[C@H]1c1ccccc1. The fraction of sp³-hybridized carbons (Fsp3) is 0.269. The summed E-state index contributed by atoms with van der Waals surface area (Å²) >= 11 is 0. The number of aliphatic hydroxyl groups is 1. The van der Waals surface area contributed by atoms with Gasteiger partial charge in [-0.3, -0.25) is 4.79 Å². The Morgan fingerprint density at radius 1 is 0.793 bits per heavy atom. The van der Waals surface area contributed by atoms with E-state index in [1.807, 2.05) is 80.7 Å². The highest BCUT2D eigenvalue weighted by molar-refractivity contribution is 5.85. The fourth-order valence-electron chi connectivity index (χ4n) is 4.37. The van der Waals surface area contributed by atoms with Gasteiger partial charge in [-0.05, 0) is 23.6 Å². The van der Waals surface area contributed by atoms with Gasteiger partial charge in [0, 0.05) is 18.9 Å². The van der Waals surface area contributed by atoms with E-state index in [1.165, 1.54) is 11.1 Å². The van der Waals surface area contributed by atoms with Crippen molar-refractivity contribution in [1.29, 1.82) is 0 Å². The summed E-state index contributed by atoms with van der Waals surface area (Å²) in [7, 11) is 1.81. The first-order chi connectivity index (χ1) is 14.1. The van der Waals surface area contributed by atoms with Crippen molar-refractivity contribution in [1.82, 2.24) is 4.90 Å². The maximum atomic E-state index is 13.5. The number of carbonyl (C=O) groups is 1. The standard InChI is InChI=1S/C26H27NO2/c1-18(25(28)21-16-10-5-11-17-21)27(2)26(29)24-22(19-12-6-3-7-13-19)23(24)20-14-8-4-9-15-20/h3-18,22-25,28H,1-2H3/t18-,22-,23+,24?,25+/m1/s1. The molecular weight excluding hydrogens is 358 g/mol. The first kappa shape index (κ1) is 19.4. The highest BCUT2D eigenvalue weighted by atomic mass is 16.3. The molecule has 0 spiro atoms. The molecule has 1 aliphatic rings. The second-order valence-corrected chi connectivity index (χ2v) is 7.94. The third-order valence-corrected chi connectivity index (χ3v) is 6.23. The monoisotopic (exact) mass is 385 g/mol. The van der Waals surface area contributed by atoms with Crippen LogP contribution in [0.3, 0.4) is 0 Å². The molecule has 0 aliphatic heterocycles. The number of carbonyl (C=O) groups excluding carboxylic acids is 1. The molecule has 0 saturated heterocycles. The summed E-state index contributed by atoms with van der Waals surface area (Å²) in [6.07, 6.45) is -0.714. The molecule has 1 amide bonds. The average Bonchev–Trinajstić information content (AvgIpc) is 3.54. The van der Waals surface area contributed by atoms with Gasteiger partial charge < -0.3 is 10.0 Å². The molecule has 3 nitrogen and oxygen atoms in total. The minimum Gasteiger partial charge on any atom is -0.386 e. The van der Waals surface area contributed by atoms with Gasteiger partial charge in [-0.1, -0.05) is 91.0 Å². The first-order valence-corrected chi connectivity index (χ1v) is 10.2. The van der Waals surface area contributed by atoms with Crippen LogP contribution in [0.15, 0.2) is 91.0 Å². The second-order valence-electron chi connectivity index (χ2n) is 7.94. The Balaban J connectivity index is 1.57. The minimum atomic E-state index is -0.714. The third kappa shape index (κ3) is 3.83. The van der Waals surface area contributed by atoms with Crippen LogP contribution >= 0.6 is 0 Å². The topological polar surface area (TPSA) is 40.5 Å². The third-order valence-electron chi connectivity index (χ3n) is 6.23. The van der Waals surface area contributed by atoms with E-state index < -0.39 is 6.10 Å². The quantitative estimate of drug-likeness (QED) is 0.664. The molecule has 0 aromatic heterocycles. The maximum Gasteiger partial charge on any atom is 0.227 e. The van der Waals surface area contributed by atoms with Gasteiger partial charge in [0.2, 0.25) is 5.91 Å². The van der Waals surface area contributed by atoms with E-state index in [0.29, 0.717) is 0 Å². The molecule has 3 aromatic rings. The highest BCUT2D eigenvalue weighted by Gasteiger charge is 2.57. The zero-order valence-corrected chi connectivity index (χ0v) is 16.8. The Hall–Kier alpha value is -2.91. The van der Waals surface area contributed by atoms with Crippen LogP contribution in [0.25, 0.3) is 0 Å². The zero-order valence-electron chi connectivity index (χ0n) is 16.8. The molecule has 1 aliphatic carbocycles. The predicted molar refractivity (Wildman–Crippen MR) is 115 cm³/mol.